The summed E-state index contributed by atoms with van der Waals surface area (Å²) in [6.45, 7) is 0. The summed E-state index contributed by atoms with van der Waals surface area (Å²) in [5.41, 5.74) is 1.41. The van der Waals surface area contributed by atoms with Gasteiger partial charge in [-0.15, -0.1) is 0 Å². The lowest BCUT2D eigenvalue weighted by Gasteiger charge is -2.11. The normalized spacial score (nSPS) is 10.3. The molecule has 0 unspecified atom stereocenters. The van der Waals surface area contributed by atoms with Gasteiger partial charge in [0, 0.05) is 18.6 Å². The second-order valence-electron chi connectivity index (χ2n) is 5.24. The van der Waals surface area contributed by atoms with Crippen LogP contribution < -0.4 is 14.8 Å². The molecule has 128 valence electrons. The minimum Gasteiger partial charge on any atom is -0.493 e. The Morgan fingerprint density at radius 3 is 2.68 bits per heavy atom. The number of nitrogens with zero attached hydrogens (tertiary/aromatic N) is 3. The maximum absolute atomic E-state index is 12.4. The number of hydrogen-bond acceptors (Lipinski definition) is 5. The van der Waals surface area contributed by atoms with Gasteiger partial charge in [-0.25, -0.2) is 9.67 Å². The Balaban J connectivity index is 1.76. The average Bonchev–Trinajstić information content (AvgIpc) is 3.16. The van der Waals surface area contributed by atoms with E-state index in [-0.39, 0.29) is 12.3 Å². The molecule has 7 heteroatoms. The summed E-state index contributed by atoms with van der Waals surface area (Å²) in [6.07, 6.45) is 5.28. The zero-order valence-electron chi connectivity index (χ0n) is 14.0. The smallest absolute Gasteiger partial charge is 0.228 e. The molecule has 0 atom stereocenters. The van der Waals surface area contributed by atoms with Gasteiger partial charge in [-0.2, -0.15) is 5.10 Å². The molecule has 1 aromatic carbocycles. The highest BCUT2D eigenvalue weighted by atomic mass is 16.5. The molecule has 0 aliphatic rings. The number of carbonyl (C=O) groups is 1. The predicted octanol–water partition coefficient (Wildman–Crippen LogP) is 2.47. The third-order valence-corrected chi connectivity index (χ3v) is 3.59. The Kier molecular flexibility index (Phi) is 4.94. The number of methoxy groups -OCH3 is 2. The van der Waals surface area contributed by atoms with Crippen LogP contribution in [0.25, 0.3) is 5.82 Å². The fourth-order valence-electron chi connectivity index (χ4n) is 2.44. The quantitative estimate of drug-likeness (QED) is 0.747. The van der Waals surface area contributed by atoms with Crippen molar-refractivity contribution in [2.45, 2.75) is 6.42 Å². The molecular weight excluding hydrogens is 320 g/mol. The molecule has 0 fully saturated rings. The van der Waals surface area contributed by atoms with Gasteiger partial charge in [-0.1, -0.05) is 6.07 Å². The topological polar surface area (TPSA) is 78.3 Å². The van der Waals surface area contributed by atoms with E-state index in [1.165, 1.54) is 0 Å². The first-order chi connectivity index (χ1) is 12.2. The Hall–Kier alpha value is -3.35. The van der Waals surface area contributed by atoms with Gasteiger partial charge in [0.05, 0.1) is 26.3 Å². The minimum atomic E-state index is -0.159. The number of anilines is 1. The van der Waals surface area contributed by atoms with Gasteiger partial charge in [0.2, 0.25) is 5.91 Å². The fraction of sp³-hybridized carbons (Fsp3) is 0.167. The molecule has 1 N–H and O–H groups in total. The molecule has 0 saturated carbocycles. The van der Waals surface area contributed by atoms with Crippen LogP contribution in [0.4, 0.5) is 5.69 Å². The summed E-state index contributed by atoms with van der Waals surface area (Å²) < 4.78 is 12.1. The van der Waals surface area contributed by atoms with Gasteiger partial charge in [0.1, 0.15) is 0 Å². The fourth-order valence-corrected chi connectivity index (χ4v) is 2.44. The number of aromatic nitrogens is 3. The monoisotopic (exact) mass is 338 g/mol. The molecule has 1 amide bonds. The van der Waals surface area contributed by atoms with Crippen LogP contribution in [-0.2, 0) is 11.2 Å². The molecule has 7 nitrogen and oxygen atoms in total. The number of hydrogen-bond donors (Lipinski definition) is 1. The molecule has 0 aliphatic heterocycles. The van der Waals surface area contributed by atoms with Crippen molar-refractivity contribution in [2.75, 3.05) is 19.5 Å². The van der Waals surface area contributed by atoms with Crippen molar-refractivity contribution in [3.8, 4) is 17.3 Å². The van der Waals surface area contributed by atoms with Crippen molar-refractivity contribution in [1.29, 1.82) is 0 Å². The summed E-state index contributed by atoms with van der Waals surface area (Å²) in [5, 5.41) is 7.03. The van der Waals surface area contributed by atoms with Crippen molar-refractivity contribution in [2.24, 2.45) is 0 Å². The second-order valence-corrected chi connectivity index (χ2v) is 5.24. The first-order valence-electron chi connectivity index (χ1n) is 7.67. The highest BCUT2D eigenvalue weighted by Crippen LogP contribution is 2.28. The van der Waals surface area contributed by atoms with Crippen molar-refractivity contribution in [3.63, 3.8) is 0 Å². The highest BCUT2D eigenvalue weighted by molar-refractivity contribution is 5.93. The molecule has 2 aromatic heterocycles. The van der Waals surface area contributed by atoms with Crippen LogP contribution in [0.3, 0.4) is 0 Å². The molecule has 0 radical (unpaired) electrons. The molecule has 0 saturated heterocycles. The maximum atomic E-state index is 12.4. The van der Waals surface area contributed by atoms with Crippen LogP contribution in [0.2, 0.25) is 0 Å². The molecular formula is C18H18N4O3. The minimum absolute atomic E-state index is 0.159. The van der Waals surface area contributed by atoms with Gasteiger partial charge in [-0.05, 0) is 35.9 Å². The Morgan fingerprint density at radius 1 is 1.12 bits per heavy atom. The third kappa shape index (κ3) is 3.77. The van der Waals surface area contributed by atoms with E-state index >= 15 is 0 Å². The van der Waals surface area contributed by atoms with Crippen molar-refractivity contribution in [1.82, 2.24) is 14.8 Å². The van der Waals surface area contributed by atoms with Crippen molar-refractivity contribution >= 4 is 11.6 Å². The summed E-state index contributed by atoms with van der Waals surface area (Å²) in [4.78, 5) is 16.7. The Morgan fingerprint density at radius 2 is 1.96 bits per heavy atom. The van der Waals surface area contributed by atoms with E-state index in [9.17, 15) is 4.79 Å². The van der Waals surface area contributed by atoms with E-state index < -0.39 is 0 Å². The zero-order valence-corrected chi connectivity index (χ0v) is 14.0. The number of benzene rings is 1. The second kappa shape index (κ2) is 7.48. The number of pyridine rings is 1. The summed E-state index contributed by atoms with van der Waals surface area (Å²) in [5.74, 6) is 1.62. The highest BCUT2D eigenvalue weighted by Gasteiger charge is 2.12. The number of rotatable bonds is 6. The molecule has 0 aliphatic carbocycles. The van der Waals surface area contributed by atoms with Crippen LogP contribution in [-0.4, -0.2) is 34.9 Å². The largest absolute Gasteiger partial charge is 0.493 e. The van der Waals surface area contributed by atoms with Crippen LogP contribution in [0, 0.1) is 0 Å². The lowest BCUT2D eigenvalue weighted by molar-refractivity contribution is -0.115. The molecule has 3 aromatic rings. The molecule has 0 bridgehead atoms. The number of ether oxygens (including phenoxy) is 2. The first kappa shape index (κ1) is 16.5. The van der Waals surface area contributed by atoms with Crippen molar-refractivity contribution in [3.05, 3.63) is 60.6 Å². The number of nitrogens with one attached hydrogen (secondary N) is 1. The number of amides is 1. The molecule has 25 heavy (non-hydrogen) atoms. The summed E-state index contributed by atoms with van der Waals surface area (Å²) >= 11 is 0. The first-order valence-corrected chi connectivity index (χ1v) is 7.67. The zero-order chi connectivity index (χ0) is 17.6. The lowest BCUT2D eigenvalue weighted by Crippen LogP contribution is -2.16. The van der Waals surface area contributed by atoms with Gasteiger partial charge in [-0.3, -0.25) is 4.79 Å². The van der Waals surface area contributed by atoms with Gasteiger partial charge in [0.25, 0.3) is 0 Å². The Bertz CT molecular complexity index is 863. The van der Waals surface area contributed by atoms with E-state index in [4.69, 9.17) is 9.47 Å². The van der Waals surface area contributed by atoms with E-state index in [1.54, 1.807) is 67.8 Å². The molecule has 3 rings (SSSR count). The predicted molar refractivity (Wildman–Crippen MR) is 93.2 cm³/mol. The standard InChI is InChI=1S/C18H18N4O3/c1-24-15-7-6-13(11-16(15)25-2)12-17(23)21-14-5-3-8-19-18(14)22-10-4-9-20-22/h3-11H,12H2,1-2H3,(H,21,23). The lowest BCUT2D eigenvalue weighted by atomic mass is 10.1. The summed E-state index contributed by atoms with van der Waals surface area (Å²) in [7, 11) is 3.14. The van der Waals surface area contributed by atoms with Crippen molar-refractivity contribution < 1.29 is 14.3 Å². The maximum Gasteiger partial charge on any atom is 0.228 e. The number of carbonyl (C=O) groups excluding carboxylic acids is 1. The van der Waals surface area contributed by atoms with Crippen LogP contribution in [0.15, 0.2) is 55.0 Å². The van der Waals surface area contributed by atoms with Gasteiger partial charge < -0.3 is 14.8 Å². The SMILES string of the molecule is COc1ccc(CC(=O)Nc2cccnc2-n2cccn2)cc1OC. The average molecular weight is 338 g/mol. The van der Waals surface area contributed by atoms with Crippen LogP contribution in [0.5, 0.6) is 11.5 Å². The third-order valence-electron chi connectivity index (χ3n) is 3.59. The molecule has 0 spiro atoms. The molecule has 2 heterocycles. The van der Waals surface area contributed by atoms with E-state index in [2.05, 4.69) is 15.4 Å². The van der Waals surface area contributed by atoms with Gasteiger partial charge in [0.15, 0.2) is 17.3 Å². The van der Waals surface area contributed by atoms with Crippen LogP contribution >= 0.6 is 0 Å². The van der Waals surface area contributed by atoms with E-state index in [1.807, 2.05) is 6.07 Å². The van der Waals surface area contributed by atoms with Crippen LogP contribution in [0.1, 0.15) is 5.56 Å². The summed E-state index contributed by atoms with van der Waals surface area (Å²) in [6, 6.07) is 10.7. The van der Waals surface area contributed by atoms with E-state index in [0.717, 1.165) is 5.56 Å². The van der Waals surface area contributed by atoms with Gasteiger partial charge >= 0.3 is 0 Å². The van der Waals surface area contributed by atoms with E-state index in [0.29, 0.717) is 23.0 Å². The Labute approximate surface area is 145 Å².